The van der Waals surface area contributed by atoms with E-state index >= 15 is 0 Å². The fourth-order valence-corrected chi connectivity index (χ4v) is 2.24. The maximum atomic E-state index is 8.72. The molecule has 0 bridgehead atoms. The minimum Gasteiger partial charge on any atom is -0.491 e. The molecule has 4 heteroatoms. The first-order valence-corrected chi connectivity index (χ1v) is 7.48. The number of rotatable bonds is 5. The molecule has 0 aliphatic carbocycles. The number of benzene rings is 1. The molecule has 1 aliphatic rings. The number of hydrogen-bond acceptors (Lipinski definition) is 4. The molecule has 0 amide bonds. The van der Waals surface area contributed by atoms with Gasteiger partial charge in [-0.05, 0) is 24.7 Å². The monoisotopic (exact) mass is 289 g/mol. The lowest BCUT2D eigenvalue weighted by atomic mass is 10.2. The SMILES string of the molecule is CCN1CCOC(COc2cccc(C#CCCO)c2)C1. The van der Waals surface area contributed by atoms with E-state index in [-0.39, 0.29) is 12.7 Å². The molecule has 1 aliphatic heterocycles. The zero-order chi connectivity index (χ0) is 14.9. The third-order valence-electron chi connectivity index (χ3n) is 3.41. The summed E-state index contributed by atoms with van der Waals surface area (Å²) in [6.07, 6.45) is 0.622. The van der Waals surface area contributed by atoms with E-state index in [1.165, 1.54) is 0 Å². The average Bonchev–Trinajstić information content (AvgIpc) is 2.54. The number of likely N-dealkylation sites (N-methyl/N-ethyl adjacent to an activating group) is 1. The zero-order valence-electron chi connectivity index (χ0n) is 12.5. The van der Waals surface area contributed by atoms with E-state index in [0.717, 1.165) is 37.6 Å². The van der Waals surface area contributed by atoms with Gasteiger partial charge >= 0.3 is 0 Å². The van der Waals surface area contributed by atoms with Crippen LogP contribution in [0.4, 0.5) is 0 Å². The van der Waals surface area contributed by atoms with Crippen molar-refractivity contribution in [3.63, 3.8) is 0 Å². The molecule has 1 aromatic rings. The van der Waals surface area contributed by atoms with Gasteiger partial charge in [-0.15, -0.1) is 0 Å². The molecule has 1 N–H and O–H groups in total. The molecular formula is C17H23NO3. The van der Waals surface area contributed by atoms with Gasteiger partial charge in [0.15, 0.2) is 0 Å². The van der Waals surface area contributed by atoms with Gasteiger partial charge in [-0.2, -0.15) is 0 Å². The summed E-state index contributed by atoms with van der Waals surface area (Å²) in [7, 11) is 0. The quantitative estimate of drug-likeness (QED) is 0.835. The third kappa shape index (κ3) is 5.39. The molecule has 114 valence electrons. The Morgan fingerprint density at radius 1 is 1.48 bits per heavy atom. The van der Waals surface area contributed by atoms with Crippen molar-refractivity contribution in [2.75, 3.05) is 39.5 Å². The number of morpholine rings is 1. The van der Waals surface area contributed by atoms with Gasteiger partial charge in [0.2, 0.25) is 0 Å². The smallest absolute Gasteiger partial charge is 0.120 e. The van der Waals surface area contributed by atoms with Gasteiger partial charge in [0.05, 0.1) is 13.2 Å². The molecule has 1 unspecified atom stereocenters. The van der Waals surface area contributed by atoms with Crippen LogP contribution in [0, 0.1) is 11.8 Å². The van der Waals surface area contributed by atoms with Crippen molar-refractivity contribution in [2.24, 2.45) is 0 Å². The summed E-state index contributed by atoms with van der Waals surface area (Å²) in [5, 5.41) is 8.72. The van der Waals surface area contributed by atoms with E-state index in [0.29, 0.717) is 13.0 Å². The van der Waals surface area contributed by atoms with Gasteiger partial charge in [0, 0.05) is 25.1 Å². The highest BCUT2D eigenvalue weighted by Crippen LogP contribution is 2.14. The predicted octanol–water partition coefficient (Wildman–Crippen LogP) is 1.52. The Morgan fingerprint density at radius 2 is 2.38 bits per heavy atom. The van der Waals surface area contributed by atoms with Crippen molar-refractivity contribution in [3.8, 4) is 17.6 Å². The van der Waals surface area contributed by atoms with Crippen LogP contribution in [0.25, 0.3) is 0 Å². The minimum absolute atomic E-state index is 0.0934. The van der Waals surface area contributed by atoms with Crippen LogP contribution in [0.2, 0.25) is 0 Å². The van der Waals surface area contributed by atoms with Crippen LogP contribution < -0.4 is 4.74 Å². The Hall–Kier alpha value is -1.54. The molecule has 4 nitrogen and oxygen atoms in total. The summed E-state index contributed by atoms with van der Waals surface area (Å²) in [4.78, 5) is 2.37. The van der Waals surface area contributed by atoms with Crippen LogP contribution >= 0.6 is 0 Å². The summed E-state index contributed by atoms with van der Waals surface area (Å²) in [5.74, 6) is 6.73. The Bertz CT molecular complexity index is 492. The van der Waals surface area contributed by atoms with E-state index in [9.17, 15) is 0 Å². The second kappa shape index (κ2) is 8.68. The van der Waals surface area contributed by atoms with Crippen molar-refractivity contribution in [3.05, 3.63) is 29.8 Å². The maximum absolute atomic E-state index is 8.72. The maximum Gasteiger partial charge on any atom is 0.120 e. The Balaban J connectivity index is 1.85. The summed E-state index contributed by atoms with van der Waals surface area (Å²) in [5.41, 5.74) is 0.903. The van der Waals surface area contributed by atoms with Crippen molar-refractivity contribution >= 4 is 0 Å². The first-order chi connectivity index (χ1) is 10.3. The average molecular weight is 289 g/mol. The molecule has 2 rings (SSSR count). The highest BCUT2D eigenvalue weighted by molar-refractivity contribution is 5.39. The van der Waals surface area contributed by atoms with Crippen LogP contribution in [0.15, 0.2) is 24.3 Å². The van der Waals surface area contributed by atoms with E-state index in [2.05, 4.69) is 23.7 Å². The van der Waals surface area contributed by atoms with Crippen LogP contribution in [0.1, 0.15) is 18.9 Å². The molecule has 1 saturated heterocycles. The van der Waals surface area contributed by atoms with Crippen molar-refractivity contribution < 1.29 is 14.6 Å². The molecule has 0 spiro atoms. The number of nitrogens with zero attached hydrogens (tertiary/aromatic N) is 1. The highest BCUT2D eigenvalue weighted by atomic mass is 16.5. The molecule has 1 heterocycles. The molecule has 1 aromatic carbocycles. The second-order valence-electron chi connectivity index (χ2n) is 5.00. The summed E-state index contributed by atoms with van der Waals surface area (Å²) in [6, 6.07) is 7.72. The summed E-state index contributed by atoms with van der Waals surface area (Å²) in [6.45, 7) is 6.57. The highest BCUT2D eigenvalue weighted by Gasteiger charge is 2.19. The predicted molar refractivity (Wildman–Crippen MR) is 82.4 cm³/mol. The van der Waals surface area contributed by atoms with Gasteiger partial charge in [-0.25, -0.2) is 0 Å². The van der Waals surface area contributed by atoms with Crippen molar-refractivity contribution in [2.45, 2.75) is 19.4 Å². The lowest BCUT2D eigenvalue weighted by molar-refractivity contribution is -0.0464. The lowest BCUT2D eigenvalue weighted by Crippen LogP contribution is -2.44. The van der Waals surface area contributed by atoms with Crippen molar-refractivity contribution in [1.82, 2.24) is 4.90 Å². The number of ether oxygens (including phenoxy) is 2. The zero-order valence-corrected chi connectivity index (χ0v) is 12.5. The van der Waals surface area contributed by atoms with Crippen LogP contribution in [0.3, 0.4) is 0 Å². The largest absolute Gasteiger partial charge is 0.491 e. The normalized spacial score (nSPS) is 18.9. The minimum atomic E-state index is 0.0934. The van der Waals surface area contributed by atoms with E-state index in [1.807, 2.05) is 24.3 Å². The number of aliphatic hydroxyl groups is 1. The second-order valence-corrected chi connectivity index (χ2v) is 5.00. The van der Waals surface area contributed by atoms with Gasteiger partial charge in [0.25, 0.3) is 0 Å². The van der Waals surface area contributed by atoms with Crippen molar-refractivity contribution in [1.29, 1.82) is 0 Å². The van der Waals surface area contributed by atoms with Gasteiger partial charge in [-0.3, -0.25) is 4.90 Å². The van der Waals surface area contributed by atoms with Crippen LogP contribution in [0.5, 0.6) is 5.75 Å². The summed E-state index contributed by atoms with van der Waals surface area (Å²) >= 11 is 0. The van der Waals surface area contributed by atoms with Gasteiger partial charge in [-0.1, -0.05) is 24.8 Å². The molecule has 0 aromatic heterocycles. The first-order valence-electron chi connectivity index (χ1n) is 7.48. The van der Waals surface area contributed by atoms with E-state index in [4.69, 9.17) is 14.6 Å². The molecule has 21 heavy (non-hydrogen) atoms. The van der Waals surface area contributed by atoms with Gasteiger partial charge < -0.3 is 14.6 Å². The molecule has 1 atom stereocenters. The van der Waals surface area contributed by atoms with Crippen LogP contribution in [-0.4, -0.2) is 55.6 Å². The molecule has 0 saturated carbocycles. The number of aliphatic hydroxyl groups excluding tert-OH is 1. The Morgan fingerprint density at radius 3 is 3.19 bits per heavy atom. The Labute approximate surface area is 126 Å². The molecule has 1 fully saturated rings. The van der Waals surface area contributed by atoms with Crippen LogP contribution in [-0.2, 0) is 4.74 Å². The standard InChI is InChI=1S/C17H23NO3/c1-2-18-9-11-20-17(13-18)14-21-16-8-5-7-15(12-16)6-3-4-10-19/h5,7-8,12,17,19H,2,4,9-11,13-14H2,1H3. The Kier molecular flexibility index (Phi) is 6.55. The fourth-order valence-electron chi connectivity index (χ4n) is 2.24. The molecular weight excluding hydrogens is 266 g/mol. The first kappa shape index (κ1) is 15.8. The summed E-state index contributed by atoms with van der Waals surface area (Å²) < 4.78 is 11.5. The lowest BCUT2D eigenvalue weighted by Gasteiger charge is -2.31. The van der Waals surface area contributed by atoms with E-state index < -0.39 is 0 Å². The fraction of sp³-hybridized carbons (Fsp3) is 0.529. The third-order valence-corrected chi connectivity index (χ3v) is 3.41. The molecule has 0 radical (unpaired) electrons. The number of hydrogen-bond donors (Lipinski definition) is 1. The van der Waals surface area contributed by atoms with E-state index in [1.54, 1.807) is 0 Å². The van der Waals surface area contributed by atoms with Gasteiger partial charge in [0.1, 0.15) is 18.5 Å². The topological polar surface area (TPSA) is 41.9 Å².